The lowest BCUT2D eigenvalue weighted by Crippen LogP contribution is -2.30. The molecule has 0 saturated heterocycles. The molecule has 3 rings (SSSR count). The minimum atomic E-state index is -0.140. The molecule has 0 unspecified atom stereocenters. The molecule has 24 heavy (non-hydrogen) atoms. The second-order valence-corrected chi connectivity index (χ2v) is 6.02. The Morgan fingerprint density at radius 2 is 2.12 bits per heavy atom. The molecule has 3 aromatic rings. The van der Waals surface area contributed by atoms with Gasteiger partial charge in [0.25, 0.3) is 0 Å². The van der Waals surface area contributed by atoms with Gasteiger partial charge in [0, 0.05) is 6.54 Å². The predicted octanol–water partition coefficient (Wildman–Crippen LogP) is 1.77. The second-order valence-electron chi connectivity index (χ2n) is 5.07. The summed E-state index contributed by atoms with van der Waals surface area (Å²) in [6, 6.07) is 11.6. The van der Waals surface area contributed by atoms with Crippen molar-refractivity contribution in [2.24, 2.45) is 0 Å². The maximum atomic E-state index is 11.9. The number of methoxy groups -OCH3 is 1. The van der Waals surface area contributed by atoms with Gasteiger partial charge in [0.1, 0.15) is 12.3 Å². The number of thiophene rings is 1. The zero-order chi connectivity index (χ0) is 16.8. The van der Waals surface area contributed by atoms with Crippen LogP contribution >= 0.6 is 11.3 Å². The molecular formula is C16H17N5O2S. The summed E-state index contributed by atoms with van der Waals surface area (Å²) in [5.74, 6) is 1.22. The highest BCUT2D eigenvalue weighted by molar-refractivity contribution is 7.13. The van der Waals surface area contributed by atoms with Gasteiger partial charge < -0.3 is 10.1 Å². The summed E-state index contributed by atoms with van der Waals surface area (Å²) in [4.78, 5) is 14.2. The van der Waals surface area contributed by atoms with Crippen molar-refractivity contribution in [1.82, 2.24) is 25.5 Å². The number of rotatable bonds is 7. The van der Waals surface area contributed by atoms with Gasteiger partial charge in [-0.3, -0.25) is 4.79 Å². The monoisotopic (exact) mass is 343 g/mol. The van der Waals surface area contributed by atoms with E-state index in [4.69, 9.17) is 4.74 Å². The predicted molar refractivity (Wildman–Crippen MR) is 90.8 cm³/mol. The van der Waals surface area contributed by atoms with E-state index in [0.717, 1.165) is 22.6 Å². The van der Waals surface area contributed by atoms with Crippen LogP contribution in [-0.2, 0) is 17.8 Å². The topological polar surface area (TPSA) is 81.9 Å². The normalized spacial score (nSPS) is 10.5. The van der Waals surface area contributed by atoms with E-state index in [-0.39, 0.29) is 12.5 Å². The van der Waals surface area contributed by atoms with Crippen molar-refractivity contribution < 1.29 is 9.53 Å². The van der Waals surface area contributed by atoms with E-state index in [1.165, 1.54) is 16.1 Å². The van der Waals surface area contributed by atoms with E-state index in [1.54, 1.807) is 7.11 Å². The Hall–Kier alpha value is -2.74. The fourth-order valence-corrected chi connectivity index (χ4v) is 2.79. The number of carbonyl (C=O) groups is 1. The molecule has 1 amide bonds. The first-order valence-corrected chi connectivity index (χ1v) is 8.34. The zero-order valence-electron chi connectivity index (χ0n) is 13.2. The van der Waals surface area contributed by atoms with Crippen molar-refractivity contribution in [3.8, 4) is 16.5 Å². The first kappa shape index (κ1) is 16.1. The third kappa shape index (κ3) is 4.17. The molecule has 0 bridgehead atoms. The number of nitrogens with zero attached hydrogens (tertiary/aromatic N) is 4. The number of nitrogens with one attached hydrogen (secondary N) is 1. The fraction of sp³-hybridized carbons (Fsp3) is 0.250. The van der Waals surface area contributed by atoms with Gasteiger partial charge in [0.15, 0.2) is 0 Å². The van der Waals surface area contributed by atoms with Crippen LogP contribution in [0.15, 0.2) is 41.8 Å². The maximum absolute atomic E-state index is 11.9. The van der Waals surface area contributed by atoms with Crippen LogP contribution in [0.25, 0.3) is 10.7 Å². The van der Waals surface area contributed by atoms with E-state index in [2.05, 4.69) is 20.7 Å². The van der Waals surface area contributed by atoms with Crippen LogP contribution in [0.3, 0.4) is 0 Å². The van der Waals surface area contributed by atoms with Gasteiger partial charge in [0.05, 0.1) is 12.0 Å². The number of tetrazole rings is 1. The first-order valence-electron chi connectivity index (χ1n) is 7.46. The number of amides is 1. The van der Waals surface area contributed by atoms with Crippen LogP contribution in [0.5, 0.6) is 5.75 Å². The minimum absolute atomic E-state index is 0.0565. The van der Waals surface area contributed by atoms with Crippen molar-refractivity contribution >= 4 is 17.2 Å². The summed E-state index contributed by atoms with van der Waals surface area (Å²) in [6.07, 6.45) is 0.751. The number of carbonyl (C=O) groups excluding carboxylic acids is 1. The molecular weight excluding hydrogens is 326 g/mol. The van der Waals surface area contributed by atoms with E-state index < -0.39 is 0 Å². The summed E-state index contributed by atoms with van der Waals surface area (Å²) in [7, 11) is 1.64. The van der Waals surface area contributed by atoms with Crippen LogP contribution in [0.1, 0.15) is 5.56 Å². The molecule has 0 aliphatic carbocycles. The Labute approximate surface area is 143 Å². The summed E-state index contributed by atoms with van der Waals surface area (Å²) < 4.78 is 5.12. The first-order chi connectivity index (χ1) is 11.7. The average Bonchev–Trinajstić information content (AvgIpc) is 3.27. The van der Waals surface area contributed by atoms with E-state index in [9.17, 15) is 4.79 Å². The average molecular weight is 343 g/mol. The molecule has 7 nitrogen and oxygen atoms in total. The van der Waals surface area contributed by atoms with Gasteiger partial charge in [-0.2, -0.15) is 4.80 Å². The molecule has 0 saturated carbocycles. The van der Waals surface area contributed by atoms with Gasteiger partial charge in [-0.15, -0.1) is 21.5 Å². The van der Waals surface area contributed by atoms with E-state index in [0.29, 0.717) is 12.4 Å². The zero-order valence-corrected chi connectivity index (χ0v) is 14.0. The molecule has 0 aliphatic rings. The lowest BCUT2D eigenvalue weighted by atomic mass is 10.1. The molecule has 0 aliphatic heterocycles. The van der Waals surface area contributed by atoms with Gasteiger partial charge in [-0.1, -0.05) is 18.2 Å². The van der Waals surface area contributed by atoms with Gasteiger partial charge >= 0.3 is 0 Å². The number of hydrogen-bond acceptors (Lipinski definition) is 6. The molecule has 124 valence electrons. The van der Waals surface area contributed by atoms with Gasteiger partial charge in [-0.05, 0) is 40.8 Å². The standard InChI is InChI=1S/C16H17N5O2S/c1-23-13-6-4-12(5-7-13)8-9-17-15(22)11-21-19-16(18-20-21)14-3-2-10-24-14/h2-7,10H,8-9,11H2,1H3,(H,17,22). The number of hydrogen-bond donors (Lipinski definition) is 1. The Morgan fingerprint density at radius 3 is 2.83 bits per heavy atom. The number of ether oxygens (including phenoxy) is 1. The highest BCUT2D eigenvalue weighted by atomic mass is 32.1. The number of aromatic nitrogens is 4. The Morgan fingerprint density at radius 1 is 1.29 bits per heavy atom. The second kappa shape index (κ2) is 7.69. The highest BCUT2D eigenvalue weighted by Gasteiger charge is 2.09. The quantitative estimate of drug-likeness (QED) is 0.707. The van der Waals surface area contributed by atoms with Crippen molar-refractivity contribution in [2.45, 2.75) is 13.0 Å². The smallest absolute Gasteiger partial charge is 0.243 e. The summed E-state index contributed by atoms with van der Waals surface area (Å²) >= 11 is 1.53. The lowest BCUT2D eigenvalue weighted by Gasteiger charge is -2.05. The summed E-state index contributed by atoms with van der Waals surface area (Å²) in [5.41, 5.74) is 1.13. The van der Waals surface area contributed by atoms with Crippen LogP contribution in [0, 0.1) is 0 Å². The SMILES string of the molecule is COc1ccc(CCNC(=O)Cn2nnc(-c3cccs3)n2)cc1. The molecule has 0 atom stereocenters. The summed E-state index contributed by atoms with van der Waals surface area (Å²) in [5, 5.41) is 16.9. The molecule has 8 heteroatoms. The third-order valence-corrected chi connectivity index (χ3v) is 4.24. The van der Waals surface area contributed by atoms with E-state index >= 15 is 0 Å². The van der Waals surface area contributed by atoms with Crippen LogP contribution in [0.4, 0.5) is 0 Å². The fourth-order valence-electron chi connectivity index (χ4n) is 2.14. The van der Waals surface area contributed by atoms with Crippen molar-refractivity contribution in [1.29, 1.82) is 0 Å². The molecule has 1 aromatic carbocycles. The molecule has 2 heterocycles. The molecule has 1 N–H and O–H groups in total. The van der Waals surface area contributed by atoms with Gasteiger partial charge in [-0.25, -0.2) is 0 Å². The van der Waals surface area contributed by atoms with Crippen LogP contribution in [-0.4, -0.2) is 39.8 Å². The Bertz CT molecular complexity index is 783. The largest absolute Gasteiger partial charge is 0.497 e. The number of benzene rings is 1. The Kier molecular flexibility index (Phi) is 5.17. The highest BCUT2D eigenvalue weighted by Crippen LogP contribution is 2.19. The molecule has 2 aromatic heterocycles. The van der Waals surface area contributed by atoms with Crippen molar-refractivity contribution in [2.75, 3.05) is 13.7 Å². The van der Waals surface area contributed by atoms with Crippen LogP contribution in [0.2, 0.25) is 0 Å². The minimum Gasteiger partial charge on any atom is -0.497 e. The Balaban J connectivity index is 1.45. The van der Waals surface area contributed by atoms with Crippen molar-refractivity contribution in [3.63, 3.8) is 0 Å². The molecule has 0 fully saturated rings. The maximum Gasteiger partial charge on any atom is 0.243 e. The van der Waals surface area contributed by atoms with E-state index in [1.807, 2.05) is 41.8 Å². The van der Waals surface area contributed by atoms with Crippen molar-refractivity contribution in [3.05, 3.63) is 47.3 Å². The lowest BCUT2D eigenvalue weighted by molar-refractivity contribution is -0.122. The van der Waals surface area contributed by atoms with Crippen LogP contribution < -0.4 is 10.1 Å². The molecule has 0 radical (unpaired) electrons. The summed E-state index contributed by atoms with van der Waals surface area (Å²) in [6.45, 7) is 0.610. The molecule has 0 spiro atoms. The third-order valence-electron chi connectivity index (χ3n) is 3.37. The van der Waals surface area contributed by atoms with Gasteiger partial charge in [0.2, 0.25) is 11.7 Å².